The SMILES string of the molecule is Cc1cccc(N2CC(Nc3nccc(CCC(F)(F)F)n3)CC2=O)c1. The van der Waals surface area contributed by atoms with Crippen molar-refractivity contribution < 1.29 is 18.0 Å². The first-order valence-electron chi connectivity index (χ1n) is 8.32. The van der Waals surface area contributed by atoms with Crippen molar-refractivity contribution in [3.63, 3.8) is 0 Å². The van der Waals surface area contributed by atoms with Gasteiger partial charge in [-0.15, -0.1) is 0 Å². The average molecular weight is 364 g/mol. The van der Waals surface area contributed by atoms with Crippen molar-refractivity contribution in [3.8, 4) is 0 Å². The number of benzene rings is 1. The van der Waals surface area contributed by atoms with Crippen molar-refractivity contribution in [1.29, 1.82) is 0 Å². The molecule has 26 heavy (non-hydrogen) atoms. The molecule has 8 heteroatoms. The van der Waals surface area contributed by atoms with Gasteiger partial charge < -0.3 is 10.2 Å². The lowest BCUT2D eigenvalue weighted by atomic mass is 10.2. The van der Waals surface area contributed by atoms with Gasteiger partial charge in [0.1, 0.15) is 0 Å². The Balaban J connectivity index is 1.64. The number of aryl methyl sites for hydroxylation is 2. The Kier molecular flexibility index (Phi) is 5.11. The highest BCUT2D eigenvalue weighted by Crippen LogP contribution is 2.24. The molecule has 1 fully saturated rings. The molecule has 3 rings (SSSR count). The molecular weight excluding hydrogens is 345 g/mol. The van der Waals surface area contributed by atoms with Crippen molar-refractivity contribution in [3.05, 3.63) is 47.8 Å². The maximum absolute atomic E-state index is 12.3. The summed E-state index contributed by atoms with van der Waals surface area (Å²) in [7, 11) is 0. The Morgan fingerprint density at radius 1 is 1.31 bits per heavy atom. The fraction of sp³-hybridized carbons (Fsp3) is 0.389. The first-order chi connectivity index (χ1) is 12.3. The second-order valence-electron chi connectivity index (χ2n) is 6.38. The van der Waals surface area contributed by atoms with Crippen LogP contribution in [0, 0.1) is 6.92 Å². The molecule has 138 valence electrons. The van der Waals surface area contributed by atoms with E-state index in [1.165, 1.54) is 12.3 Å². The molecule has 2 heterocycles. The van der Waals surface area contributed by atoms with E-state index >= 15 is 0 Å². The summed E-state index contributed by atoms with van der Waals surface area (Å²) in [6.45, 7) is 2.42. The summed E-state index contributed by atoms with van der Waals surface area (Å²) in [5.74, 6) is 0.231. The summed E-state index contributed by atoms with van der Waals surface area (Å²) in [4.78, 5) is 22.2. The number of carbonyl (C=O) groups excluding carboxylic acids is 1. The van der Waals surface area contributed by atoms with Crippen LogP contribution in [0.4, 0.5) is 24.8 Å². The topological polar surface area (TPSA) is 58.1 Å². The number of nitrogens with one attached hydrogen (secondary N) is 1. The number of alkyl halides is 3. The molecule has 1 aliphatic heterocycles. The lowest BCUT2D eigenvalue weighted by Crippen LogP contribution is -2.28. The third-order valence-electron chi connectivity index (χ3n) is 4.15. The summed E-state index contributed by atoms with van der Waals surface area (Å²) in [6.07, 6.45) is -3.63. The van der Waals surface area contributed by atoms with Crippen LogP contribution in [0.25, 0.3) is 0 Å². The predicted octanol–water partition coefficient (Wildman–Crippen LogP) is 3.50. The van der Waals surface area contributed by atoms with E-state index in [1.807, 2.05) is 31.2 Å². The molecule has 2 aromatic rings. The summed E-state index contributed by atoms with van der Waals surface area (Å²) in [5.41, 5.74) is 2.21. The van der Waals surface area contributed by atoms with Gasteiger partial charge in [-0.05, 0) is 37.1 Å². The molecule has 0 bridgehead atoms. The van der Waals surface area contributed by atoms with Crippen LogP contribution in [-0.2, 0) is 11.2 Å². The lowest BCUT2D eigenvalue weighted by molar-refractivity contribution is -0.134. The predicted molar refractivity (Wildman–Crippen MR) is 92.0 cm³/mol. The fourth-order valence-electron chi connectivity index (χ4n) is 2.91. The summed E-state index contributed by atoms with van der Waals surface area (Å²) >= 11 is 0. The molecule has 0 saturated carbocycles. The van der Waals surface area contributed by atoms with Gasteiger partial charge in [0.05, 0.1) is 6.04 Å². The second kappa shape index (κ2) is 7.31. The van der Waals surface area contributed by atoms with Crippen LogP contribution < -0.4 is 10.2 Å². The van der Waals surface area contributed by atoms with E-state index < -0.39 is 12.6 Å². The zero-order chi connectivity index (χ0) is 18.7. The number of halogens is 3. The van der Waals surface area contributed by atoms with Crippen LogP contribution in [0.15, 0.2) is 36.5 Å². The maximum atomic E-state index is 12.3. The van der Waals surface area contributed by atoms with Gasteiger partial charge in [0.25, 0.3) is 0 Å². The van der Waals surface area contributed by atoms with E-state index in [0.29, 0.717) is 12.2 Å². The number of aromatic nitrogens is 2. The smallest absolute Gasteiger partial charge is 0.349 e. The molecule has 1 unspecified atom stereocenters. The summed E-state index contributed by atoms with van der Waals surface area (Å²) in [6, 6.07) is 8.94. The standard InChI is InChI=1S/C18H19F3N4O/c1-12-3-2-4-15(9-12)25-11-14(10-16(25)26)24-17-22-8-6-13(23-17)5-7-18(19,20)21/h2-4,6,8-9,14H,5,7,10-11H2,1H3,(H,22,23,24). The van der Waals surface area contributed by atoms with Gasteiger partial charge in [-0.3, -0.25) is 4.79 Å². The van der Waals surface area contributed by atoms with E-state index in [2.05, 4.69) is 15.3 Å². The number of nitrogens with zero attached hydrogens (tertiary/aromatic N) is 3. The minimum Gasteiger partial charge on any atom is -0.349 e. The van der Waals surface area contributed by atoms with Crippen LogP contribution in [0.5, 0.6) is 0 Å². The minimum atomic E-state index is -4.22. The molecular formula is C18H19F3N4O. The van der Waals surface area contributed by atoms with Gasteiger partial charge in [0.2, 0.25) is 11.9 Å². The molecule has 5 nitrogen and oxygen atoms in total. The van der Waals surface area contributed by atoms with Gasteiger partial charge in [-0.1, -0.05) is 12.1 Å². The third-order valence-corrected chi connectivity index (χ3v) is 4.15. The molecule has 1 aliphatic rings. The van der Waals surface area contributed by atoms with Gasteiger partial charge >= 0.3 is 6.18 Å². The molecule has 1 N–H and O–H groups in total. The molecule has 0 aliphatic carbocycles. The van der Waals surface area contributed by atoms with Gasteiger partial charge in [-0.25, -0.2) is 9.97 Å². The Morgan fingerprint density at radius 2 is 2.12 bits per heavy atom. The van der Waals surface area contributed by atoms with Crippen LogP contribution in [0.3, 0.4) is 0 Å². The van der Waals surface area contributed by atoms with E-state index in [0.717, 1.165) is 11.3 Å². The van der Waals surface area contributed by atoms with Crippen molar-refractivity contribution in [2.24, 2.45) is 0 Å². The van der Waals surface area contributed by atoms with Gasteiger partial charge in [0, 0.05) is 37.0 Å². The van der Waals surface area contributed by atoms with Crippen LogP contribution >= 0.6 is 0 Å². The highest BCUT2D eigenvalue weighted by Gasteiger charge is 2.31. The zero-order valence-electron chi connectivity index (χ0n) is 14.3. The van der Waals surface area contributed by atoms with Crippen molar-refractivity contribution in [2.75, 3.05) is 16.8 Å². The van der Waals surface area contributed by atoms with E-state index in [9.17, 15) is 18.0 Å². The number of rotatable bonds is 5. The fourth-order valence-corrected chi connectivity index (χ4v) is 2.91. The largest absolute Gasteiger partial charge is 0.389 e. The number of carbonyl (C=O) groups is 1. The van der Waals surface area contributed by atoms with E-state index in [-0.39, 0.29) is 30.7 Å². The number of anilines is 2. The van der Waals surface area contributed by atoms with E-state index in [4.69, 9.17) is 0 Å². The molecule has 1 atom stereocenters. The maximum Gasteiger partial charge on any atom is 0.389 e. The number of hydrogen-bond donors (Lipinski definition) is 1. The average Bonchev–Trinajstić information content (AvgIpc) is 2.93. The zero-order valence-corrected chi connectivity index (χ0v) is 14.3. The highest BCUT2D eigenvalue weighted by atomic mass is 19.4. The Bertz CT molecular complexity index is 794. The Morgan fingerprint density at radius 3 is 2.85 bits per heavy atom. The molecule has 0 spiro atoms. The molecule has 0 radical (unpaired) electrons. The van der Waals surface area contributed by atoms with Crippen molar-refractivity contribution in [1.82, 2.24) is 9.97 Å². The summed E-state index contributed by atoms with van der Waals surface area (Å²) < 4.78 is 37.0. The molecule has 1 aromatic carbocycles. The van der Waals surface area contributed by atoms with Crippen LogP contribution in [0.2, 0.25) is 0 Å². The first-order valence-corrected chi connectivity index (χ1v) is 8.32. The minimum absolute atomic E-state index is 0.0127. The van der Waals surface area contributed by atoms with Crippen molar-refractivity contribution in [2.45, 2.75) is 38.4 Å². The number of amides is 1. The first kappa shape index (κ1) is 18.2. The number of hydrogen-bond acceptors (Lipinski definition) is 4. The van der Waals surface area contributed by atoms with Crippen LogP contribution in [0.1, 0.15) is 24.1 Å². The van der Waals surface area contributed by atoms with E-state index in [1.54, 1.807) is 4.90 Å². The third kappa shape index (κ3) is 4.71. The normalized spacial score (nSPS) is 17.6. The second-order valence-corrected chi connectivity index (χ2v) is 6.38. The molecule has 1 amide bonds. The molecule has 1 saturated heterocycles. The van der Waals surface area contributed by atoms with Gasteiger partial charge in [0.15, 0.2) is 0 Å². The Labute approximate surface area is 149 Å². The highest BCUT2D eigenvalue weighted by molar-refractivity contribution is 5.96. The lowest BCUT2D eigenvalue weighted by Gasteiger charge is -2.18. The van der Waals surface area contributed by atoms with Gasteiger partial charge in [-0.2, -0.15) is 13.2 Å². The Hall–Kier alpha value is -2.64. The van der Waals surface area contributed by atoms with Crippen LogP contribution in [-0.4, -0.2) is 34.6 Å². The molecule has 1 aromatic heterocycles. The monoisotopic (exact) mass is 364 g/mol. The summed E-state index contributed by atoms with van der Waals surface area (Å²) in [5, 5.41) is 3.06. The van der Waals surface area contributed by atoms with Crippen molar-refractivity contribution >= 4 is 17.5 Å². The quantitative estimate of drug-likeness (QED) is 0.882.